The molecule has 0 atom stereocenters. The van der Waals surface area contributed by atoms with E-state index in [1.807, 2.05) is 0 Å². The summed E-state index contributed by atoms with van der Waals surface area (Å²) in [7, 11) is 0. The molecule has 0 amide bonds. The molecule has 0 spiro atoms. The summed E-state index contributed by atoms with van der Waals surface area (Å²) in [5.74, 6) is 1.86. The molecule has 21 heavy (non-hydrogen) atoms. The Balaban J connectivity index is 2.59. The van der Waals surface area contributed by atoms with Gasteiger partial charge in [-0.05, 0) is 41.0 Å². The summed E-state index contributed by atoms with van der Waals surface area (Å²) in [6, 6.07) is 1.11. The number of hydrogen-bond donors (Lipinski definition) is 2. The topological polar surface area (TPSA) is 53.1 Å². The molecule has 0 aliphatic heterocycles. The third-order valence-corrected chi connectivity index (χ3v) is 3.62. The number of anilines is 2. The fraction of sp³-hybridized carbons (Fsp3) is 0.750. The van der Waals surface area contributed by atoms with Crippen molar-refractivity contribution < 1.29 is 0 Å². The smallest absolute Gasteiger partial charge is 0.134 e. The van der Waals surface area contributed by atoms with Gasteiger partial charge in [0.05, 0.1) is 0 Å². The summed E-state index contributed by atoms with van der Waals surface area (Å²) in [6.07, 6.45) is 2.71. The molecule has 0 bridgehead atoms. The van der Waals surface area contributed by atoms with Crippen LogP contribution in [0, 0.1) is 6.92 Å². The van der Waals surface area contributed by atoms with Gasteiger partial charge in [-0.25, -0.2) is 9.97 Å². The van der Waals surface area contributed by atoms with Gasteiger partial charge in [-0.15, -0.1) is 0 Å². The maximum Gasteiger partial charge on any atom is 0.134 e. The fourth-order valence-corrected chi connectivity index (χ4v) is 2.47. The van der Waals surface area contributed by atoms with Crippen LogP contribution in [0.5, 0.6) is 0 Å². The first-order valence-electron chi connectivity index (χ1n) is 8.02. The van der Waals surface area contributed by atoms with Crippen LogP contribution in [-0.2, 0) is 0 Å². The van der Waals surface area contributed by atoms with Crippen molar-refractivity contribution in [3.05, 3.63) is 11.9 Å². The van der Waals surface area contributed by atoms with E-state index in [-0.39, 0.29) is 0 Å². The average Bonchev–Trinajstić information content (AvgIpc) is 2.43. The SMILES string of the molecule is CCCNc1ncnc(NCCN(C(C)C)C(C)C)c1C. The Morgan fingerprint density at radius 2 is 1.52 bits per heavy atom. The number of nitrogens with one attached hydrogen (secondary N) is 2. The van der Waals surface area contributed by atoms with Crippen molar-refractivity contribution >= 4 is 11.6 Å². The average molecular weight is 293 g/mol. The van der Waals surface area contributed by atoms with Crippen LogP contribution in [0.4, 0.5) is 11.6 Å². The van der Waals surface area contributed by atoms with Gasteiger partial charge in [0.2, 0.25) is 0 Å². The predicted octanol–water partition coefficient (Wildman–Crippen LogP) is 3.14. The van der Waals surface area contributed by atoms with E-state index in [1.165, 1.54) is 0 Å². The maximum absolute atomic E-state index is 4.35. The van der Waals surface area contributed by atoms with E-state index in [2.05, 4.69) is 67.0 Å². The molecule has 1 aromatic rings. The van der Waals surface area contributed by atoms with Crippen molar-refractivity contribution in [3.8, 4) is 0 Å². The summed E-state index contributed by atoms with van der Waals surface area (Å²) >= 11 is 0. The van der Waals surface area contributed by atoms with Crippen LogP contribution in [0.3, 0.4) is 0 Å². The lowest BCUT2D eigenvalue weighted by Crippen LogP contribution is -2.40. The zero-order valence-electron chi connectivity index (χ0n) is 14.4. The Bertz CT molecular complexity index is 409. The minimum absolute atomic E-state index is 0.556. The van der Waals surface area contributed by atoms with Crippen LogP contribution in [0.2, 0.25) is 0 Å². The Morgan fingerprint density at radius 3 is 2.00 bits per heavy atom. The third-order valence-electron chi connectivity index (χ3n) is 3.62. The molecular weight excluding hydrogens is 262 g/mol. The molecule has 5 nitrogen and oxygen atoms in total. The third kappa shape index (κ3) is 5.50. The first kappa shape index (κ1) is 17.7. The van der Waals surface area contributed by atoms with E-state index >= 15 is 0 Å². The molecule has 0 aliphatic carbocycles. The molecule has 0 aliphatic rings. The monoisotopic (exact) mass is 293 g/mol. The molecule has 0 aromatic carbocycles. The van der Waals surface area contributed by atoms with Gasteiger partial charge in [0.25, 0.3) is 0 Å². The maximum atomic E-state index is 4.35. The standard InChI is InChI=1S/C16H31N5/c1-7-8-17-15-14(6)16(20-11-19-15)18-9-10-21(12(2)3)13(4)5/h11-13H,7-10H2,1-6H3,(H2,17,18,19,20). The van der Waals surface area contributed by atoms with Gasteiger partial charge < -0.3 is 10.6 Å². The van der Waals surface area contributed by atoms with Crippen LogP contribution < -0.4 is 10.6 Å². The Labute approximate surface area is 129 Å². The van der Waals surface area contributed by atoms with Crippen LogP contribution in [-0.4, -0.2) is 46.6 Å². The molecule has 1 aromatic heterocycles. The van der Waals surface area contributed by atoms with Gasteiger partial charge in [0.1, 0.15) is 18.0 Å². The largest absolute Gasteiger partial charge is 0.370 e. The lowest BCUT2D eigenvalue weighted by Gasteiger charge is -2.30. The van der Waals surface area contributed by atoms with Crippen LogP contribution in [0.25, 0.3) is 0 Å². The summed E-state index contributed by atoms with van der Waals surface area (Å²) in [5, 5.41) is 6.77. The highest BCUT2D eigenvalue weighted by molar-refractivity contribution is 5.56. The zero-order valence-corrected chi connectivity index (χ0v) is 14.4. The van der Waals surface area contributed by atoms with Crippen LogP contribution >= 0.6 is 0 Å². The highest BCUT2D eigenvalue weighted by Crippen LogP contribution is 2.18. The van der Waals surface area contributed by atoms with Gasteiger partial charge in [-0.3, -0.25) is 4.90 Å². The molecule has 0 saturated heterocycles. The zero-order chi connectivity index (χ0) is 15.8. The van der Waals surface area contributed by atoms with Crippen molar-refractivity contribution in [2.45, 2.75) is 60.0 Å². The first-order valence-corrected chi connectivity index (χ1v) is 8.02. The second kappa shape index (κ2) is 8.82. The van der Waals surface area contributed by atoms with E-state index < -0.39 is 0 Å². The molecule has 1 rings (SSSR count). The summed E-state index contributed by atoms with van der Waals surface area (Å²) in [4.78, 5) is 11.1. The van der Waals surface area contributed by atoms with Crippen molar-refractivity contribution in [1.29, 1.82) is 0 Å². The lowest BCUT2D eigenvalue weighted by molar-refractivity contribution is 0.182. The number of nitrogens with zero attached hydrogens (tertiary/aromatic N) is 3. The fourth-order valence-electron chi connectivity index (χ4n) is 2.47. The molecule has 120 valence electrons. The summed E-state index contributed by atoms with van der Waals surface area (Å²) in [6.45, 7) is 16.0. The normalized spacial score (nSPS) is 11.5. The summed E-state index contributed by atoms with van der Waals surface area (Å²) < 4.78 is 0. The lowest BCUT2D eigenvalue weighted by atomic mass is 10.2. The van der Waals surface area contributed by atoms with Crippen molar-refractivity contribution in [2.75, 3.05) is 30.3 Å². The van der Waals surface area contributed by atoms with Gasteiger partial charge in [0, 0.05) is 37.3 Å². The predicted molar refractivity (Wildman–Crippen MR) is 91.0 cm³/mol. The molecule has 0 fully saturated rings. The molecule has 0 radical (unpaired) electrons. The van der Waals surface area contributed by atoms with Gasteiger partial charge in [-0.2, -0.15) is 0 Å². The quantitative estimate of drug-likeness (QED) is 0.732. The van der Waals surface area contributed by atoms with Crippen molar-refractivity contribution in [1.82, 2.24) is 14.9 Å². The number of aromatic nitrogens is 2. The Kier molecular flexibility index (Phi) is 7.43. The second-order valence-corrected chi connectivity index (χ2v) is 5.97. The molecule has 0 unspecified atom stereocenters. The first-order chi connectivity index (χ1) is 9.97. The number of hydrogen-bond acceptors (Lipinski definition) is 5. The van der Waals surface area contributed by atoms with Crippen molar-refractivity contribution in [2.24, 2.45) is 0 Å². The molecule has 5 heteroatoms. The molecule has 2 N–H and O–H groups in total. The Morgan fingerprint density at radius 1 is 1.00 bits per heavy atom. The highest BCUT2D eigenvalue weighted by atomic mass is 15.2. The van der Waals surface area contributed by atoms with E-state index in [0.29, 0.717) is 12.1 Å². The number of rotatable bonds is 9. The van der Waals surface area contributed by atoms with E-state index in [0.717, 1.165) is 43.3 Å². The van der Waals surface area contributed by atoms with E-state index in [1.54, 1.807) is 6.33 Å². The second-order valence-electron chi connectivity index (χ2n) is 5.97. The van der Waals surface area contributed by atoms with Gasteiger partial charge in [-0.1, -0.05) is 6.92 Å². The van der Waals surface area contributed by atoms with Crippen LogP contribution in [0.1, 0.15) is 46.6 Å². The van der Waals surface area contributed by atoms with E-state index in [9.17, 15) is 0 Å². The van der Waals surface area contributed by atoms with Gasteiger partial charge in [0.15, 0.2) is 0 Å². The van der Waals surface area contributed by atoms with Gasteiger partial charge >= 0.3 is 0 Å². The summed E-state index contributed by atoms with van der Waals surface area (Å²) in [5.41, 5.74) is 1.09. The van der Waals surface area contributed by atoms with Crippen LogP contribution in [0.15, 0.2) is 6.33 Å². The van der Waals surface area contributed by atoms with E-state index in [4.69, 9.17) is 0 Å². The minimum Gasteiger partial charge on any atom is -0.370 e. The molecule has 0 saturated carbocycles. The molecule has 1 heterocycles. The highest BCUT2D eigenvalue weighted by Gasteiger charge is 2.13. The Hall–Kier alpha value is -1.36. The minimum atomic E-state index is 0.556. The molecular formula is C16H31N5. The van der Waals surface area contributed by atoms with Crippen molar-refractivity contribution in [3.63, 3.8) is 0 Å².